The van der Waals surface area contributed by atoms with Crippen molar-refractivity contribution in [3.05, 3.63) is 87.8 Å². The molecule has 0 radical (unpaired) electrons. The minimum atomic E-state index is -0.0673. The summed E-state index contributed by atoms with van der Waals surface area (Å²) >= 11 is 7.93. The maximum absolute atomic E-state index is 12.5. The van der Waals surface area contributed by atoms with Gasteiger partial charge in [0.15, 0.2) is 0 Å². The Morgan fingerprint density at radius 1 is 1.29 bits per heavy atom. The minimum Gasteiger partial charge on any atom is -0.474 e. The lowest BCUT2D eigenvalue weighted by Crippen LogP contribution is -2.36. The number of allylic oxidation sites excluding steroid dienone is 5. The van der Waals surface area contributed by atoms with Crippen LogP contribution in [0.1, 0.15) is 60.9 Å². The zero-order valence-corrected chi connectivity index (χ0v) is 21.2. The van der Waals surface area contributed by atoms with Gasteiger partial charge in [0.2, 0.25) is 11.8 Å². The van der Waals surface area contributed by atoms with Gasteiger partial charge in [-0.05, 0) is 68.0 Å². The van der Waals surface area contributed by atoms with E-state index in [-0.39, 0.29) is 17.9 Å². The van der Waals surface area contributed by atoms with Crippen LogP contribution in [0.5, 0.6) is 5.88 Å². The predicted molar refractivity (Wildman–Crippen MR) is 141 cm³/mol. The average molecular weight is 495 g/mol. The highest BCUT2D eigenvalue weighted by molar-refractivity contribution is 7.16. The van der Waals surface area contributed by atoms with E-state index in [1.165, 1.54) is 42.2 Å². The van der Waals surface area contributed by atoms with Gasteiger partial charge in [-0.15, -0.1) is 11.3 Å². The summed E-state index contributed by atoms with van der Waals surface area (Å²) in [4.78, 5) is 20.0. The molecular formula is C28H31ClN2O2S. The number of carbonyl (C=O) groups excluding carboxylic acids is 1. The molecule has 0 bridgehead atoms. The maximum atomic E-state index is 12.5. The number of hydrogen-bond donors (Lipinski definition) is 0. The second-order valence-corrected chi connectivity index (χ2v) is 10.5. The van der Waals surface area contributed by atoms with Crippen LogP contribution < -0.4 is 4.74 Å². The highest BCUT2D eigenvalue weighted by atomic mass is 35.5. The molecule has 34 heavy (non-hydrogen) atoms. The van der Waals surface area contributed by atoms with Crippen molar-refractivity contribution >= 4 is 34.4 Å². The molecule has 4 nitrogen and oxygen atoms in total. The molecule has 0 N–H and O–H groups in total. The summed E-state index contributed by atoms with van der Waals surface area (Å²) < 4.78 is 7.15. The minimum absolute atomic E-state index is 0.00407. The zero-order valence-electron chi connectivity index (χ0n) is 19.6. The Hall–Kier alpha value is -2.63. The first-order valence-corrected chi connectivity index (χ1v) is 13.1. The fraction of sp³-hybridized carbons (Fsp3) is 0.357. The second kappa shape index (κ2) is 11.7. The highest BCUT2D eigenvalue weighted by Gasteiger charge is 2.29. The topological polar surface area (TPSA) is 42.4 Å². The Bertz CT molecular complexity index is 1110. The number of rotatable bonds is 7. The van der Waals surface area contributed by atoms with Crippen molar-refractivity contribution in [1.29, 1.82) is 0 Å². The lowest BCUT2D eigenvalue weighted by molar-refractivity contribution is -0.127. The summed E-state index contributed by atoms with van der Waals surface area (Å²) in [5.74, 6) is 0.607. The van der Waals surface area contributed by atoms with Gasteiger partial charge in [-0.3, -0.25) is 4.79 Å². The standard InChI is InChI=1S/C28H31ClN2O2S/c1-3-5-7-11-20(23-14-10-15-30-28(23)33-22-12-8-6-9-13-22)16-21-18-31(27(32)4-2)19-25-24(21)17-26(29)34-25/h3-5,7,10-11,14-17,21-22H,2,6,8-9,12-13,18-19H2,1H3/b5-3-,11-7-,20-16-/t21-/m0/s1. The summed E-state index contributed by atoms with van der Waals surface area (Å²) in [6, 6.07) is 6.05. The quantitative estimate of drug-likeness (QED) is 0.299. The molecule has 1 atom stereocenters. The van der Waals surface area contributed by atoms with Crippen LogP contribution in [0, 0.1) is 0 Å². The predicted octanol–water partition coefficient (Wildman–Crippen LogP) is 7.34. The van der Waals surface area contributed by atoms with Gasteiger partial charge >= 0.3 is 0 Å². The van der Waals surface area contributed by atoms with Crippen molar-refractivity contribution in [1.82, 2.24) is 9.88 Å². The molecule has 1 aliphatic carbocycles. The van der Waals surface area contributed by atoms with E-state index in [4.69, 9.17) is 16.3 Å². The molecule has 178 valence electrons. The molecule has 1 aliphatic heterocycles. The van der Waals surface area contributed by atoms with Crippen LogP contribution in [0.15, 0.2) is 67.4 Å². The van der Waals surface area contributed by atoms with Gasteiger partial charge < -0.3 is 9.64 Å². The first-order valence-electron chi connectivity index (χ1n) is 11.9. The lowest BCUT2D eigenvalue weighted by Gasteiger charge is -2.31. The van der Waals surface area contributed by atoms with E-state index >= 15 is 0 Å². The van der Waals surface area contributed by atoms with Crippen molar-refractivity contribution in [2.24, 2.45) is 0 Å². The number of fused-ring (bicyclic) bond motifs is 1. The molecule has 1 saturated carbocycles. The van der Waals surface area contributed by atoms with Gasteiger partial charge in [-0.25, -0.2) is 4.98 Å². The third-order valence-corrected chi connectivity index (χ3v) is 7.59. The molecule has 2 aromatic heterocycles. The van der Waals surface area contributed by atoms with Crippen molar-refractivity contribution < 1.29 is 9.53 Å². The molecule has 3 heterocycles. The SMILES string of the molecule is C=CC(=O)N1Cc2sc(Cl)cc2[C@@H](/C=C(/C=C\C=C/C)c2cccnc2OC2CCCCC2)C1. The molecule has 1 amide bonds. The summed E-state index contributed by atoms with van der Waals surface area (Å²) in [5.41, 5.74) is 3.16. The molecule has 1 fully saturated rings. The summed E-state index contributed by atoms with van der Waals surface area (Å²) in [6.07, 6.45) is 19.5. The van der Waals surface area contributed by atoms with Crippen LogP contribution in [0.25, 0.3) is 5.57 Å². The van der Waals surface area contributed by atoms with Crippen molar-refractivity contribution in [3.8, 4) is 5.88 Å². The molecular weight excluding hydrogens is 464 g/mol. The summed E-state index contributed by atoms with van der Waals surface area (Å²) in [5, 5.41) is 0. The number of nitrogens with zero attached hydrogens (tertiary/aromatic N) is 2. The third kappa shape index (κ3) is 5.89. The van der Waals surface area contributed by atoms with Gasteiger partial charge in [0, 0.05) is 29.1 Å². The number of thiophene rings is 1. The van der Waals surface area contributed by atoms with Crippen LogP contribution >= 0.6 is 22.9 Å². The molecule has 4 rings (SSSR count). The number of ether oxygens (including phenoxy) is 1. The van der Waals surface area contributed by atoms with Crippen LogP contribution in [-0.4, -0.2) is 28.4 Å². The smallest absolute Gasteiger partial charge is 0.246 e. The average Bonchev–Trinajstić information content (AvgIpc) is 3.24. The van der Waals surface area contributed by atoms with Gasteiger partial charge in [-0.2, -0.15) is 0 Å². The molecule has 0 spiro atoms. The Morgan fingerprint density at radius 3 is 2.88 bits per heavy atom. The van der Waals surface area contributed by atoms with Gasteiger partial charge in [0.05, 0.1) is 10.9 Å². The largest absolute Gasteiger partial charge is 0.474 e. The van der Waals surface area contributed by atoms with Gasteiger partial charge in [0.1, 0.15) is 6.10 Å². The summed E-state index contributed by atoms with van der Waals surface area (Å²) in [6.45, 7) is 6.81. The van der Waals surface area contributed by atoms with Crippen LogP contribution in [0.3, 0.4) is 0 Å². The van der Waals surface area contributed by atoms with Crippen molar-refractivity contribution in [3.63, 3.8) is 0 Å². The van der Waals surface area contributed by atoms with Gasteiger partial charge in [0.25, 0.3) is 0 Å². The van der Waals surface area contributed by atoms with E-state index in [1.54, 1.807) is 6.20 Å². The second-order valence-electron chi connectivity index (χ2n) is 8.70. The first kappa shape index (κ1) is 24.5. The van der Waals surface area contributed by atoms with Crippen molar-refractivity contribution in [2.75, 3.05) is 6.54 Å². The van der Waals surface area contributed by atoms with E-state index in [0.717, 1.165) is 33.2 Å². The Kier molecular flexibility index (Phi) is 8.41. The molecule has 2 aliphatic rings. The van der Waals surface area contributed by atoms with Gasteiger partial charge in [-0.1, -0.05) is 55.0 Å². The Labute approximate surface area is 211 Å². The lowest BCUT2D eigenvalue weighted by atomic mass is 9.91. The monoisotopic (exact) mass is 494 g/mol. The fourth-order valence-electron chi connectivity index (χ4n) is 4.63. The summed E-state index contributed by atoms with van der Waals surface area (Å²) in [7, 11) is 0. The fourth-order valence-corrected chi connectivity index (χ4v) is 5.99. The van der Waals surface area contributed by atoms with E-state index < -0.39 is 0 Å². The normalized spacial score (nSPS) is 19.5. The molecule has 6 heteroatoms. The third-order valence-electron chi connectivity index (χ3n) is 6.32. The number of halogens is 1. The van der Waals surface area contributed by atoms with E-state index in [2.05, 4.69) is 29.8 Å². The Balaban J connectivity index is 1.74. The Morgan fingerprint density at radius 2 is 2.12 bits per heavy atom. The molecule has 0 unspecified atom stereocenters. The number of pyridine rings is 1. The molecule has 2 aromatic rings. The van der Waals surface area contributed by atoms with E-state index in [1.807, 2.05) is 42.2 Å². The van der Waals surface area contributed by atoms with Crippen LogP contribution in [-0.2, 0) is 11.3 Å². The number of amides is 1. The number of carbonyl (C=O) groups is 1. The number of hydrogen-bond acceptors (Lipinski definition) is 4. The van der Waals surface area contributed by atoms with Crippen LogP contribution in [0.4, 0.5) is 0 Å². The molecule has 0 aromatic carbocycles. The zero-order chi connectivity index (χ0) is 23.9. The van der Waals surface area contributed by atoms with E-state index in [0.29, 0.717) is 19.0 Å². The van der Waals surface area contributed by atoms with Crippen LogP contribution in [0.2, 0.25) is 4.34 Å². The highest BCUT2D eigenvalue weighted by Crippen LogP contribution is 2.40. The number of aromatic nitrogens is 1. The van der Waals surface area contributed by atoms with E-state index in [9.17, 15) is 4.79 Å². The van der Waals surface area contributed by atoms with Crippen molar-refractivity contribution in [2.45, 2.75) is 57.6 Å². The first-order chi connectivity index (χ1) is 16.6. The maximum Gasteiger partial charge on any atom is 0.246 e. The molecule has 0 saturated heterocycles.